The average Bonchev–Trinajstić information content (AvgIpc) is 2.41. The first kappa shape index (κ1) is 17.9. The van der Waals surface area contributed by atoms with Crippen molar-refractivity contribution in [2.75, 3.05) is 14.1 Å². The second kappa shape index (κ2) is 7.22. The van der Waals surface area contributed by atoms with Crippen molar-refractivity contribution in [2.45, 2.75) is 59.4 Å². The Morgan fingerprint density at radius 3 is 2.52 bits per heavy atom. The van der Waals surface area contributed by atoms with Gasteiger partial charge in [-0.15, -0.1) is 0 Å². The van der Waals surface area contributed by atoms with Crippen LogP contribution < -0.4 is 0 Å². The Labute approximate surface area is 130 Å². The molecule has 0 aromatic rings. The van der Waals surface area contributed by atoms with Gasteiger partial charge in [-0.3, -0.25) is 4.79 Å². The molecule has 0 amide bonds. The lowest BCUT2D eigenvalue weighted by Gasteiger charge is -2.31. The molecule has 0 spiro atoms. The largest absolute Gasteiger partial charge is 0.306 e. The van der Waals surface area contributed by atoms with Crippen LogP contribution in [-0.4, -0.2) is 30.8 Å². The van der Waals surface area contributed by atoms with Crippen molar-refractivity contribution in [3.05, 3.63) is 11.6 Å². The number of carbonyl (C=O) groups is 1. The van der Waals surface area contributed by atoms with E-state index in [1.807, 2.05) is 21.0 Å². The van der Waals surface area contributed by atoms with Gasteiger partial charge in [0.05, 0.1) is 12.0 Å². The number of Topliss-reactive ketones (excluding diaryl/α,β-unsaturated/α-hetero) is 1. The third-order valence-electron chi connectivity index (χ3n) is 5.06. The minimum atomic E-state index is -0.211. The molecule has 0 saturated carbocycles. The van der Waals surface area contributed by atoms with Gasteiger partial charge in [0.2, 0.25) is 0 Å². The summed E-state index contributed by atoms with van der Waals surface area (Å²) in [6, 6.07) is 2.63. The summed E-state index contributed by atoms with van der Waals surface area (Å²) in [5, 5.41) is 9.49. The predicted octanol–water partition coefficient (Wildman–Crippen LogP) is 3.81. The molecule has 3 atom stereocenters. The highest BCUT2D eigenvalue weighted by Gasteiger charge is 2.34. The van der Waals surface area contributed by atoms with Crippen LogP contribution in [0.15, 0.2) is 11.6 Å². The first-order chi connectivity index (χ1) is 9.69. The van der Waals surface area contributed by atoms with E-state index in [1.165, 1.54) is 5.57 Å². The monoisotopic (exact) mass is 290 g/mol. The topological polar surface area (TPSA) is 44.1 Å². The lowest BCUT2D eigenvalue weighted by atomic mass is 9.73. The molecule has 2 unspecified atom stereocenters. The van der Waals surface area contributed by atoms with E-state index in [9.17, 15) is 10.1 Å². The molecule has 3 nitrogen and oxygen atoms in total. The zero-order valence-electron chi connectivity index (χ0n) is 14.4. The average molecular weight is 290 g/mol. The van der Waals surface area contributed by atoms with E-state index in [0.717, 1.165) is 19.3 Å². The molecule has 0 aromatic carbocycles. The van der Waals surface area contributed by atoms with Gasteiger partial charge in [-0.25, -0.2) is 0 Å². The molecule has 0 radical (unpaired) electrons. The third-order valence-corrected chi connectivity index (χ3v) is 5.06. The van der Waals surface area contributed by atoms with Crippen LogP contribution in [0.1, 0.15) is 53.4 Å². The van der Waals surface area contributed by atoms with Gasteiger partial charge < -0.3 is 4.90 Å². The minimum Gasteiger partial charge on any atom is -0.306 e. The smallest absolute Gasteiger partial charge is 0.138 e. The van der Waals surface area contributed by atoms with Crippen molar-refractivity contribution < 1.29 is 4.79 Å². The second-order valence-corrected chi connectivity index (χ2v) is 7.45. The van der Waals surface area contributed by atoms with E-state index in [4.69, 9.17) is 0 Å². The van der Waals surface area contributed by atoms with Crippen LogP contribution in [-0.2, 0) is 4.79 Å². The number of allylic oxidation sites excluding steroid dienone is 2. The predicted molar refractivity (Wildman–Crippen MR) is 86.8 cm³/mol. The summed E-state index contributed by atoms with van der Waals surface area (Å²) in [7, 11) is 4.08. The molecule has 0 aromatic heterocycles. The maximum Gasteiger partial charge on any atom is 0.138 e. The number of ketones is 1. The fraction of sp³-hybridized carbons (Fsp3) is 0.778. The van der Waals surface area contributed by atoms with Gasteiger partial charge in [-0.05, 0) is 45.7 Å². The van der Waals surface area contributed by atoms with Gasteiger partial charge >= 0.3 is 0 Å². The Kier molecular flexibility index (Phi) is 6.16. The summed E-state index contributed by atoms with van der Waals surface area (Å²) in [5.74, 6) is 0.00263. The van der Waals surface area contributed by atoms with Gasteiger partial charge in [-0.1, -0.05) is 32.4 Å². The minimum absolute atomic E-state index is 0.0162. The first-order valence-electron chi connectivity index (χ1n) is 7.93. The molecule has 0 bridgehead atoms. The van der Waals surface area contributed by atoms with Crippen molar-refractivity contribution in [1.29, 1.82) is 5.26 Å². The fourth-order valence-electron chi connectivity index (χ4n) is 3.11. The van der Waals surface area contributed by atoms with Gasteiger partial charge in [0.1, 0.15) is 5.78 Å². The van der Waals surface area contributed by atoms with Gasteiger partial charge in [0.25, 0.3) is 0 Å². The van der Waals surface area contributed by atoms with Crippen molar-refractivity contribution in [3.8, 4) is 6.07 Å². The van der Waals surface area contributed by atoms with Gasteiger partial charge in [0, 0.05) is 18.4 Å². The van der Waals surface area contributed by atoms with Crippen molar-refractivity contribution >= 4 is 5.78 Å². The normalized spacial score (nSPS) is 33.7. The summed E-state index contributed by atoms with van der Waals surface area (Å²) in [6.45, 7) is 8.38. The second-order valence-electron chi connectivity index (χ2n) is 7.45. The highest BCUT2D eigenvalue weighted by atomic mass is 16.1. The first-order valence-corrected chi connectivity index (χ1v) is 7.93. The number of hydrogen-bond acceptors (Lipinski definition) is 3. The van der Waals surface area contributed by atoms with Gasteiger partial charge in [-0.2, -0.15) is 5.26 Å². The Balaban J connectivity index is 3.10. The van der Waals surface area contributed by atoms with E-state index in [2.05, 4.69) is 37.8 Å². The van der Waals surface area contributed by atoms with Crippen LogP contribution in [0.2, 0.25) is 0 Å². The van der Waals surface area contributed by atoms with Crippen molar-refractivity contribution in [2.24, 2.45) is 17.3 Å². The highest BCUT2D eigenvalue weighted by Crippen LogP contribution is 2.36. The van der Waals surface area contributed by atoms with E-state index in [1.54, 1.807) is 0 Å². The Morgan fingerprint density at radius 1 is 1.38 bits per heavy atom. The molecule has 0 saturated heterocycles. The number of nitriles is 1. The molecule has 0 heterocycles. The zero-order chi connectivity index (χ0) is 16.2. The molecular weight excluding hydrogens is 260 g/mol. The lowest BCUT2D eigenvalue weighted by Crippen LogP contribution is -2.39. The quantitative estimate of drug-likeness (QED) is 0.690. The van der Waals surface area contributed by atoms with Crippen LogP contribution in [0.3, 0.4) is 0 Å². The van der Waals surface area contributed by atoms with Crippen molar-refractivity contribution in [1.82, 2.24) is 4.90 Å². The SMILES string of the molecule is C/C1=C\CC(C)(C)C(C#N)CC(=O)[C@H](C)C(N(C)C)CC1. The molecule has 0 fully saturated rings. The molecule has 1 aliphatic rings. The van der Waals surface area contributed by atoms with E-state index >= 15 is 0 Å². The van der Waals surface area contributed by atoms with E-state index in [0.29, 0.717) is 6.42 Å². The summed E-state index contributed by atoms with van der Waals surface area (Å²) >= 11 is 0. The number of carbonyl (C=O) groups excluding carboxylic acids is 1. The highest BCUT2D eigenvalue weighted by molar-refractivity contribution is 5.82. The molecule has 118 valence electrons. The number of rotatable bonds is 1. The van der Waals surface area contributed by atoms with Crippen LogP contribution in [0.5, 0.6) is 0 Å². The van der Waals surface area contributed by atoms with Crippen LogP contribution in [0.25, 0.3) is 0 Å². The number of hydrogen-bond donors (Lipinski definition) is 0. The van der Waals surface area contributed by atoms with Gasteiger partial charge in [0.15, 0.2) is 0 Å². The standard InChI is InChI=1S/C18H30N2O/c1-13-7-8-16(20(5)6)14(2)17(21)11-15(12-19)18(3,4)10-9-13/h9,14-16H,7-8,10-11H2,1-6H3/b13-9+/t14-,15?,16?/m1/s1. The third kappa shape index (κ3) is 4.68. The van der Waals surface area contributed by atoms with Crippen LogP contribution in [0, 0.1) is 28.6 Å². The summed E-state index contributed by atoms with van der Waals surface area (Å²) in [6.07, 6.45) is 5.53. The van der Waals surface area contributed by atoms with E-state index in [-0.39, 0.29) is 29.1 Å². The Hall–Kier alpha value is -1.14. The van der Waals surface area contributed by atoms with Crippen LogP contribution >= 0.6 is 0 Å². The maximum absolute atomic E-state index is 12.6. The molecule has 21 heavy (non-hydrogen) atoms. The lowest BCUT2D eigenvalue weighted by molar-refractivity contribution is -0.125. The summed E-state index contributed by atoms with van der Waals surface area (Å²) in [4.78, 5) is 14.8. The summed E-state index contributed by atoms with van der Waals surface area (Å²) in [5.41, 5.74) is 1.22. The molecular formula is C18H30N2O. The number of nitrogens with zero attached hydrogens (tertiary/aromatic N) is 2. The Bertz CT molecular complexity index is 443. The fourth-order valence-corrected chi connectivity index (χ4v) is 3.11. The maximum atomic E-state index is 12.6. The molecule has 0 aliphatic heterocycles. The molecule has 1 aliphatic carbocycles. The van der Waals surface area contributed by atoms with Crippen molar-refractivity contribution in [3.63, 3.8) is 0 Å². The van der Waals surface area contributed by atoms with Crippen LogP contribution in [0.4, 0.5) is 0 Å². The molecule has 0 N–H and O–H groups in total. The zero-order valence-corrected chi connectivity index (χ0v) is 14.4. The molecule has 3 heteroatoms. The van der Waals surface area contributed by atoms with E-state index < -0.39 is 0 Å². The Morgan fingerprint density at radius 2 is 2.00 bits per heavy atom. The summed E-state index contributed by atoms with van der Waals surface area (Å²) < 4.78 is 0. The molecule has 1 rings (SSSR count).